The molecule has 1 saturated heterocycles. The van der Waals surface area contributed by atoms with E-state index in [1.807, 2.05) is 32.0 Å². The van der Waals surface area contributed by atoms with Crippen molar-refractivity contribution in [2.24, 2.45) is 5.41 Å². The molecular formula is C34H49ClNO3+. The number of hydrogen-bond acceptors (Lipinski definition) is 3. The van der Waals surface area contributed by atoms with E-state index in [-0.39, 0.29) is 17.8 Å². The predicted octanol–water partition coefficient (Wildman–Crippen LogP) is 9.61. The van der Waals surface area contributed by atoms with Crippen molar-refractivity contribution in [1.82, 2.24) is 0 Å². The zero-order valence-corrected chi connectivity index (χ0v) is 25.4. The van der Waals surface area contributed by atoms with Crippen molar-refractivity contribution in [3.05, 3.63) is 58.6 Å². The summed E-state index contributed by atoms with van der Waals surface area (Å²) < 4.78 is 13.1. The number of para-hydroxylation sites is 1. The van der Waals surface area contributed by atoms with Crippen LogP contribution in [0.2, 0.25) is 5.02 Å². The highest BCUT2D eigenvalue weighted by Gasteiger charge is 2.48. The number of hydrogen-bond donors (Lipinski definition) is 0. The zero-order valence-electron chi connectivity index (χ0n) is 24.6. The van der Waals surface area contributed by atoms with Gasteiger partial charge in [-0.05, 0) is 44.5 Å². The molecule has 5 heteroatoms. The molecule has 2 heterocycles. The van der Waals surface area contributed by atoms with Crippen molar-refractivity contribution in [2.75, 3.05) is 26.9 Å². The normalized spacial score (nSPS) is 21.9. The topological polar surface area (TPSA) is 35.5 Å². The molecule has 2 aliphatic heterocycles. The molecule has 0 bridgehead atoms. The van der Waals surface area contributed by atoms with Crippen molar-refractivity contribution in [3.8, 4) is 11.5 Å². The molecule has 0 radical (unpaired) electrons. The smallest absolute Gasteiger partial charge is 0.315 e. The summed E-state index contributed by atoms with van der Waals surface area (Å²) in [7, 11) is 2.21. The maximum atomic E-state index is 13.2. The second-order valence-electron chi connectivity index (χ2n) is 12.9. The van der Waals surface area contributed by atoms with E-state index >= 15 is 0 Å². The zero-order chi connectivity index (χ0) is 27.9. The highest BCUT2D eigenvalue weighted by atomic mass is 35.5. The van der Waals surface area contributed by atoms with Gasteiger partial charge in [-0.25, -0.2) is 0 Å². The lowest BCUT2D eigenvalue weighted by atomic mass is 9.84. The molecular weight excluding hydrogens is 506 g/mol. The quantitative estimate of drug-likeness (QED) is 0.132. The van der Waals surface area contributed by atoms with Gasteiger partial charge in [-0.1, -0.05) is 101 Å². The fraction of sp³-hybridized carbons (Fsp3) is 0.618. The summed E-state index contributed by atoms with van der Waals surface area (Å²) in [5, 5.41) is 0.725. The number of nitrogens with zero attached hydrogens (tertiary/aromatic N) is 1. The summed E-state index contributed by atoms with van der Waals surface area (Å²) in [5.74, 6) is 2.26. The van der Waals surface area contributed by atoms with Crippen LogP contribution in [0.25, 0.3) is 0 Å². The first-order chi connectivity index (χ1) is 18.7. The van der Waals surface area contributed by atoms with Crippen LogP contribution >= 0.6 is 11.6 Å². The van der Waals surface area contributed by atoms with Gasteiger partial charge in [-0.3, -0.25) is 9.28 Å². The number of benzene rings is 2. The van der Waals surface area contributed by atoms with Crippen molar-refractivity contribution in [3.63, 3.8) is 0 Å². The number of likely N-dealkylation sites (N-methyl/N-ethyl adjacent to an activating group) is 1. The molecule has 2 aliphatic rings. The molecule has 214 valence electrons. The number of carbonyl (C=O) groups is 1. The Morgan fingerprint density at radius 2 is 1.49 bits per heavy atom. The Morgan fingerprint density at radius 3 is 2.18 bits per heavy atom. The van der Waals surface area contributed by atoms with Gasteiger partial charge in [0.05, 0.1) is 25.6 Å². The third-order valence-corrected chi connectivity index (χ3v) is 9.12. The maximum absolute atomic E-state index is 13.2. The van der Waals surface area contributed by atoms with E-state index < -0.39 is 5.41 Å². The minimum absolute atomic E-state index is 0.0722. The first-order valence-corrected chi connectivity index (χ1v) is 15.7. The lowest BCUT2D eigenvalue weighted by Gasteiger charge is -2.31. The number of likely N-dealkylation sites (tertiary alicyclic amines) is 1. The molecule has 0 spiro atoms. The van der Waals surface area contributed by atoms with Gasteiger partial charge in [-0.2, -0.15) is 0 Å². The van der Waals surface area contributed by atoms with Crippen LogP contribution in [-0.4, -0.2) is 37.3 Å². The first-order valence-electron chi connectivity index (χ1n) is 15.3. The molecule has 3 unspecified atom stereocenters. The molecule has 1 fully saturated rings. The molecule has 4 nitrogen and oxygen atoms in total. The second kappa shape index (κ2) is 13.5. The van der Waals surface area contributed by atoms with Gasteiger partial charge in [0.25, 0.3) is 0 Å². The van der Waals surface area contributed by atoms with Gasteiger partial charge < -0.3 is 9.47 Å². The Labute approximate surface area is 241 Å². The molecule has 3 atom stereocenters. The van der Waals surface area contributed by atoms with E-state index in [2.05, 4.69) is 38.2 Å². The van der Waals surface area contributed by atoms with Crippen LogP contribution in [0.4, 0.5) is 0 Å². The van der Waals surface area contributed by atoms with Crippen LogP contribution in [0.5, 0.6) is 11.5 Å². The van der Waals surface area contributed by atoms with Crippen LogP contribution in [0.1, 0.15) is 114 Å². The Bertz CT molecular complexity index is 1100. The number of rotatable bonds is 14. The standard InChI is InChI=1S/C34H49ClNO3/c1-5-6-7-8-9-10-11-12-13-16-21-34(2,3)33(37)38-25-36(4)23-29-27-17-14-15-18-31(27)39-32-20-19-26(35)22-28(32)30(29)24-36/h14-15,17-20,22,29-30H,5-13,16,21,23-25H2,1-4H3/q+1. The third-order valence-electron chi connectivity index (χ3n) is 8.89. The highest BCUT2D eigenvalue weighted by Crippen LogP contribution is 2.51. The summed E-state index contributed by atoms with van der Waals surface area (Å²) in [6.07, 6.45) is 13.9. The summed E-state index contributed by atoms with van der Waals surface area (Å²) in [4.78, 5) is 13.2. The fourth-order valence-electron chi connectivity index (χ4n) is 6.48. The second-order valence-corrected chi connectivity index (χ2v) is 13.3. The van der Waals surface area contributed by atoms with Crippen LogP contribution in [0, 0.1) is 5.41 Å². The van der Waals surface area contributed by atoms with Crippen LogP contribution in [-0.2, 0) is 9.53 Å². The Balaban J connectivity index is 1.29. The number of carbonyl (C=O) groups excluding carboxylic acids is 1. The minimum Gasteiger partial charge on any atom is -0.457 e. The summed E-state index contributed by atoms with van der Waals surface area (Å²) in [5.41, 5.74) is 1.92. The van der Waals surface area contributed by atoms with Crippen molar-refractivity contribution >= 4 is 17.6 Å². The van der Waals surface area contributed by atoms with Gasteiger partial charge in [-0.15, -0.1) is 0 Å². The van der Waals surface area contributed by atoms with Gasteiger partial charge in [0.1, 0.15) is 11.5 Å². The largest absolute Gasteiger partial charge is 0.457 e. The van der Waals surface area contributed by atoms with Gasteiger partial charge in [0.15, 0.2) is 0 Å². The van der Waals surface area contributed by atoms with Crippen molar-refractivity contribution in [1.29, 1.82) is 0 Å². The van der Waals surface area contributed by atoms with E-state index in [4.69, 9.17) is 21.1 Å². The fourth-order valence-corrected chi connectivity index (χ4v) is 6.66. The molecule has 39 heavy (non-hydrogen) atoms. The lowest BCUT2D eigenvalue weighted by Crippen LogP contribution is -2.45. The molecule has 0 aromatic heterocycles. The Morgan fingerprint density at radius 1 is 0.897 bits per heavy atom. The number of fused-ring (bicyclic) bond motifs is 5. The SMILES string of the molecule is CCCCCCCCCCCCC(C)(C)C(=O)OC[N+]1(C)CC2c3ccccc3Oc3ccc(Cl)cc3C2C1. The van der Waals surface area contributed by atoms with Crippen molar-refractivity contribution in [2.45, 2.75) is 103 Å². The molecule has 0 aliphatic carbocycles. The summed E-state index contributed by atoms with van der Waals surface area (Å²) in [6.45, 7) is 8.52. The van der Waals surface area contributed by atoms with E-state index in [0.29, 0.717) is 11.2 Å². The first kappa shape index (κ1) is 29.9. The van der Waals surface area contributed by atoms with E-state index in [1.165, 1.54) is 63.4 Å². The van der Waals surface area contributed by atoms with E-state index in [9.17, 15) is 4.79 Å². The molecule has 0 amide bonds. The van der Waals surface area contributed by atoms with Gasteiger partial charge >= 0.3 is 5.97 Å². The van der Waals surface area contributed by atoms with Crippen molar-refractivity contribution < 1.29 is 18.8 Å². The Kier molecular flexibility index (Phi) is 10.4. The highest BCUT2D eigenvalue weighted by molar-refractivity contribution is 6.30. The number of unbranched alkanes of at least 4 members (excludes halogenated alkanes) is 9. The molecule has 4 rings (SSSR count). The van der Waals surface area contributed by atoms with Crippen LogP contribution in [0.3, 0.4) is 0 Å². The molecule has 0 N–H and O–H groups in total. The number of quaternary nitrogens is 1. The number of halogens is 1. The van der Waals surface area contributed by atoms with Gasteiger partial charge in [0.2, 0.25) is 6.73 Å². The number of ether oxygens (including phenoxy) is 2. The van der Waals surface area contributed by atoms with Gasteiger partial charge in [0, 0.05) is 28.0 Å². The molecule has 0 saturated carbocycles. The number of esters is 1. The van der Waals surface area contributed by atoms with E-state index in [1.54, 1.807) is 0 Å². The van der Waals surface area contributed by atoms with Crippen LogP contribution in [0.15, 0.2) is 42.5 Å². The Hall–Kier alpha value is -2.04. The molecule has 2 aromatic rings. The average molecular weight is 555 g/mol. The van der Waals surface area contributed by atoms with Crippen LogP contribution < -0.4 is 4.74 Å². The third kappa shape index (κ3) is 7.79. The van der Waals surface area contributed by atoms with E-state index in [0.717, 1.165) is 48.0 Å². The predicted molar refractivity (Wildman–Crippen MR) is 161 cm³/mol. The monoisotopic (exact) mass is 554 g/mol. The summed E-state index contributed by atoms with van der Waals surface area (Å²) in [6, 6.07) is 14.3. The average Bonchev–Trinajstić information content (AvgIpc) is 3.21. The summed E-state index contributed by atoms with van der Waals surface area (Å²) >= 11 is 6.43. The molecule has 2 aromatic carbocycles. The maximum Gasteiger partial charge on any atom is 0.315 e. The minimum atomic E-state index is -0.455. The lowest BCUT2D eigenvalue weighted by molar-refractivity contribution is -0.915.